The predicted molar refractivity (Wildman–Crippen MR) is 100 cm³/mol. The van der Waals surface area contributed by atoms with Gasteiger partial charge in [-0.15, -0.1) is 0 Å². The molecule has 4 rings (SSSR count). The summed E-state index contributed by atoms with van der Waals surface area (Å²) in [6, 6.07) is 9.48. The zero-order chi connectivity index (χ0) is 18.1. The molecule has 1 aliphatic rings. The number of carbonyl (C=O) groups excluding carboxylic acids is 1. The molecular weight excluding hydrogens is 326 g/mol. The van der Waals surface area contributed by atoms with Gasteiger partial charge in [-0.05, 0) is 54.8 Å². The van der Waals surface area contributed by atoms with Gasteiger partial charge in [0.1, 0.15) is 6.04 Å². The lowest BCUT2D eigenvalue weighted by Gasteiger charge is -2.35. The van der Waals surface area contributed by atoms with Crippen molar-refractivity contribution in [2.24, 2.45) is 0 Å². The molecule has 3 aromatic rings. The first-order valence-electron chi connectivity index (χ1n) is 8.70. The number of hydrogen-bond acceptors (Lipinski definition) is 3. The minimum atomic E-state index is -0.223. The van der Waals surface area contributed by atoms with Crippen LogP contribution in [-0.2, 0) is 6.42 Å². The van der Waals surface area contributed by atoms with Crippen LogP contribution in [0.4, 0.5) is 10.5 Å². The number of nitrogens with one attached hydrogen (secondary N) is 2. The first-order valence-corrected chi connectivity index (χ1v) is 8.70. The number of carbonyl (C=O) groups is 1. The molecule has 2 N–H and O–H groups in total. The van der Waals surface area contributed by atoms with Crippen LogP contribution in [0, 0.1) is 13.8 Å². The van der Waals surface area contributed by atoms with Gasteiger partial charge in [0.05, 0.1) is 12.0 Å². The Morgan fingerprint density at radius 1 is 1.19 bits per heavy atom. The first-order chi connectivity index (χ1) is 12.6. The van der Waals surface area contributed by atoms with E-state index in [-0.39, 0.29) is 12.1 Å². The zero-order valence-electron chi connectivity index (χ0n) is 14.9. The summed E-state index contributed by atoms with van der Waals surface area (Å²) < 4.78 is 0. The van der Waals surface area contributed by atoms with E-state index in [1.807, 2.05) is 42.2 Å². The van der Waals surface area contributed by atoms with Crippen molar-refractivity contribution in [2.45, 2.75) is 26.3 Å². The van der Waals surface area contributed by atoms with E-state index < -0.39 is 0 Å². The first kappa shape index (κ1) is 16.3. The van der Waals surface area contributed by atoms with Crippen LogP contribution in [0.3, 0.4) is 0 Å². The van der Waals surface area contributed by atoms with E-state index in [0.29, 0.717) is 6.54 Å². The standard InChI is InChI=1S/C20H21N5O/c1-13-3-4-16(11-14(13)2)24-20(26)25-10-7-17-18(23-12-22-17)19(25)15-5-8-21-9-6-15/h3-6,8-9,11-12,19H,7,10H2,1-2H3,(H,22,23)(H,24,26). The summed E-state index contributed by atoms with van der Waals surface area (Å²) in [6.07, 6.45) is 5.95. The van der Waals surface area contributed by atoms with Crippen LogP contribution in [0.5, 0.6) is 0 Å². The maximum atomic E-state index is 13.0. The largest absolute Gasteiger partial charge is 0.348 e. The molecule has 1 aliphatic heterocycles. The van der Waals surface area contributed by atoms with Gasteiger partial charge in [-0.2, -0.15) is 0 Å². The molecule has 2 amide bonds. The highest BCUT2D eigenvalue weighted by Crippen LogP contribution is 2.33. The van der Waals surface area contributed by atoms with Gasteiger partial charge >= 0.3 is 6.03 Å². The summed E-state index contributed by atoms with van der Waals surface area (Å²) in [7, 11) is 0. The highest BCUT2D eigenvalue weighted by Gasteiger charge is 2.34. The summed E-state index contributed by atoms with van der Waals surface area (Å²) in [4.78, 5) is 26.7. The number of aryl methyl sites for hydroxylation is 2. The van der Waals surface area contributed by atoms with Crippen LogP contribution < -0.4 is 5.32 Å². The van der Waals surface area contributed by atoms with Gasteiger partial charge in [0.2, 0.25) is 0 Å². The molecular formula is C20H21N5O. The molecule has 3 heterocycles. The van der Waals surface area contributed by atoms with Crippen molar-refractivity contribution in [2.75, 3.05) is 11.9 Å². The van der Waals surface area contributed by atoms with Crippen molar-refractivity contribution in [1.82, 2.24) is 19.9 Å². The number of rotatable bonds is 2. The number of aromatic amines is 1. The van der Waals surface area contributed by atoms with Gasteiger partial charge in [0, 0.05) is 36.7 Å². The second-order valence-electron chi connectivity index (χ2n) is 6.62. The summed E-state index contributed by atoms with van der Waals surface area (Å²) in [5, 5.41) is 3.04. The average Bonchev–Trinajstić information content (AvgIpc) is 3.13. The monoisotopic (exact) mass is 347 g/mol. The van der Waals surface area contributed by atoms with E-state index in [1.165, 1.54) is 5.56 Å². The molecule has 1 aromatic carbocycles. The summed E-state index contributed by atoms with van der Waals surface area (Å²) in [6.45, 7) is 4.73. The number of benzene rings is 1. The van der Waals surface area contributed by atoms with Gasteiger partial charge < -0.3 is 15.2 Å². The Kier molecular flexibility index (Phi) is 4.16. The van der Waals surface area contributed by atoms with E-state index in [0.717, 1.165) is 34.6 Å². The number of amides is 2. The number of nitrogens with zero attached hydrogens (tertiary/aromatic N) is 3. The molecule has 1 atom stereocenters. The van der Waals surface area contributed by atoms with Crippen molar-refractivity contribution < 1.29 is 4.79 Å². The van der Waals surface area contributed by atoms with Gasteiger partial charge in [-0.1, -0.05) is 6.07 Å². The molecule has 26 heavy (non-hydrogen) atoms. The van der Waals surface area contributed by atoms with E-state index in [9.17, 15) is 4.79 Å². The second-order valence-corrected chi connectivity index (χ2v) is 6.62. The van der Waals surface area contributed by atoms with Crippen LogP contribution in [0.25, 0.3) is 0 Å². The van der Waals surface area contributed by atoms with Crippen molar-refractivity contribution in [3.63, 3.8) is 0 Å². The maximum absolute atomic E-state index is 13.0. The number of imidazole rings is 1. The zero-order valence-corrected chi connectivity index (χ0v) is 14.9. The lowest BCUT2D eigenvalue weighted by molar-refractivity contribution is 0.192. The van der Waals surface area contributed by atoms with Gasteiger partial charge in [-0.3, -0.25) is 4.98 Å². The molecule has 0 bridgehead atoms. The lowest BCUT2D eigenvalue weighted by Crippen LogP contribution is -2.43. The fraction of sp³-hybridized carbons (Fsp3) is 0.250. The number of H-pyrrole nitrogens is 1. The molecule has 0 saturated heterocycles. The minimum absolute atomic E-state index is 0.122. The Morgan fingerprint density at radius 2 is 2.00 bits per heavy atom. The molecule has 1 unspecified atom stereocenters. The average molecular weight is 347 g/mol. The van der Waals surface area contributed by atoms with Crippen molar-refractivity contribution in [3.8, 4) is 0 Å². The highest BCUT2D eigenvalue weighted by atomic mass is 16.2. The number of fused-ring (bicyclic) bond motifs is 1. The van der Waals surface area contributed by atoms with Crippen LogP contribution in [0.1, 0.15) is 34.1 Å². The Labute approximate surface area is 152 Å². The van der Waals surface area contributed by atoms with Crippen molar-refractivity contribution in [1.29, 1.82) is 0 Å². The third-order valence-electron chi connectivity index (χ3n) is 4.97. The fourth-order valence-corrected chi connectivity index (χ4v) is 3.39. The van der Waals surface area contributed by atoms with E-state index >= 15 is 0 Å². The van der Waals surface area contributed by atoms with E-state index in [1.54, 1.807) is 18.7 Å². The molecule has 0 spiro atoms. The molecule has 6 nitrogen and oxygen atoms in total. The van der Waals surface area contributed by atoms with Gasteiger partial charge in [0.15, 0.2) is 0 Å². The Morgan fingerprint density at radius 3 is 2.77 bits per heavy atom. The number of aromatic nitrogens is 3. The number of anilines is 1. The molecule has 6 heteroatoms. The van der Waals surface area contributed by atoms with E-state index in [2.05, 4.69) is 27.2 Å². The van der Waals surface area contributed by atoms with E-state index in [4.69, 9.17) is 0 Å². The van der Waals surface area contributed by atoms with Crippen LogP contribution >= 0.6 is 0 Å². The number of pyridine rings is 1. The summed E-state index contributed by atoms with van der Waals surface area (Å²) in [5.41, 5.74) is 6.15. The molecule has 0 aliphatic carbocycles. The molecule has 132 valence electrons. The SMILES string of the molecule is Cc1ccc(NC(=O)N2CCc3[nH]cnc3C2c2ccncc2)cc1C. The highest BCUT2D eigenvalue weighted by molar-refractivity contribution is 5.90. The maximum Gasteiger partial charge on any atom is 0.322 e. The summed E-state index contributed by atoms with van der Waals surface area (Å²) >= 11 is 0. The number of hydrogen-bond donors (Lipinski definition) is 2. The Hall–Kier alpha value is -3.15. The topological polar surface area (TPSA) is 73.9 Å². The van der Waals surface area contributed by atoms with Gasteiger partial charge in [-0.25, -0.2) is 9.78 Å². The van der Waals surface area contributed by atoms with Crippen molar-refractivity contribution >= 4 is 11.7 Å². The minimum Gasteiger partial charge on any atom is -0.348 e. The quantitative estimate of drug-likeness (QED) is 0.744. The second kappa shape index (κ2) is 6.63. The van der Waals surface area contributed by atoms with Crippen LogP contribution in [0.2, 0.25) is 0 Å². The lowest BCUT2D eigenvalue weighted by atomic mass is 9.97. The molecule has 0 fully saturated rings. The van der Waals surface area contributed by atoms with Crippen molar-refractivity contribution in [3.05, 3.63) is 77.1 Å². The van der Waals surface area contributed by atoms with Crippen LogP contribution in [0.15, 0.2) is 49.1 Å². The Balaban J connectivity index is 1.65. The fourth-order valence-electron chi connectivity index (χ4n) is 3.39. The predicted octanol–water partition coefficient (Wildman–Crippen LogP) is 3.60. The molecule has 2 aromatic heterocycles. The normalized spacial score (nSPS) is 16.2. The smallest absolute Gasteiger partial charge is 0.322 e. The van der Waals surface area contributed by atoms with Gasteiger partial charge in [0.25, 0.3) is 0 Å². The molecule has 0 saturated carbocycles. The third-order valence-corrected chi connectivity index (χ3v) is 4.97. The van der Waals surface area contributed by atoms with Crippen LogP contribution in [-0.4, -0.2) is 32.4 Å². The molecule has 0 radical (unpaired) electrons. The Bertz CT molecular complexity index is 934. The summed E-state index contributed by atoms with van der Waals surface area (Å²) in [5.74, 6) is 0. The third kappa shape index (κ3) is 2.94. The number of urea groups is 1.